The van der Waals surface area contributed by atoms with Gasteiger partial charge in [-0.15, -0.1) is 5.10 Å². The normalized spacial score (nSPS) is 12.2. The largest absolute Gasteiger partial charge is 0.463 e. The van der Waals surface area contributed by atoms with Crippen LogP contribution in [-0.2, 0) is 4.74 Å². The van der Waals surface area contributed by atoms with Crippen molar-refractivity contribution in [2.75, 3.05) is 7.11 Å². The second kappa shape index (κ2) is 5.50. The van der Waals surface area contributed by atoms with Crippen molar-refractivity contribution in [2.24, 2.45) is 0 Å². The van der Waals surface area contributed by atoms with Gasteiger partial charge in [0, 0.05) is 10.0 Å². The number of aliphatic hydroxyl groups is 1. The number of aliphatic hydroxyl groups excluding tert-OH is 1. The van der Waals surface area contributed by atoms with E-state index in [0.717, 1.165) is 4.47 Å². The fraction of sp³-hybridized carbons (Fsp3) is 0.250. The average molecular weight is 326 g/mol. The lowest BCUT2D eigenvalue weighted by Crippen LogP contribution is -2.07. The maximum absolute atomic E-state index is 11.3. The number of methoxy groups -OCH3 is 1. The zero-order valence-electron chi connectivity index (χ0n) is 10.4. The minimum Gasteiger partial charge on any atom is -0.463 e. The van der Waals surface area contributed by atoms with Crippen LogP contribution in [0, 0.1) is 0 Å². The predicted octanol–water partition coefficient (Wildman–Crippen LogP) is 1.87. The Labute approximate surface area is 118 Å². The molecule has 2 aromatic rings. The van der Waals surface area contributed by atoms with Gasteiger partial charge in [0.1, 0.15) is 6.33 Å². The van der Waals surface area contributed by atoms with Crippen molar-refractivity contribution in [2.45, 2.75) is 13.0 Å². The number of nitrogens with zero attached hydrogens (tertiary/aromatic N) is 3. The van der Waals surface area contributed by atoms with Crippen LogP contribution < -0.4 is 0 Å². The van der Waals surface area contributed by atoms with Crippen LogP contribution in [0.5, 0.6) is 0 Å². The lowest BCUT2D eigenvalue weighted by molar-refractivity contribution is 0.0587. The molecule has 0 radical (unpaired) electrons. The number of hydrogen-bond acceptors (Lipinski definition) is 5. The van der Waals surface area contributed by atoms with E-state index in [9.17, 15) is 9.90 Å². The van der Waals surface area contributed by atoms with Crippen LogP contribution >= 0.6 is 15.9 Å². The molecule has 6 nitrogen and oxygen atoms in total. The highest BCUT2D eigenvalue weighted by atomic mass is 79.9. The summed E-state index contributed by atoms with van der Waals surface area (Å²) in [6, 6.07) is 5.39. The lowest BCUT2D eigenvalue weighted by atomic mass is 10.1. The van der Waals surface area contributed by atoms with Crippen LogP contribution in [0.2, 0.25) is 0 Å². The highest BCUT2D eigenvalue weighted by Crippen LogP contribution is 2.25. The Balaban J connectivity index is 2.47. The topological polar surface area (TPSA) is 77.2 Å². The molecule has 0 amide bonds. The molecule has 0 bridgehead atoms. The Morgan fingerprint density at radius 2 is 2.26 bits per heavy atom. The molecule has 0 aliphatic carbocycles. The summed E-state index contributed by atoms with van der Waals surface area (Å²) >= 11 is 3.35. The van der Waals surface area contributed by atoms with Crippen molar-refractivity contribution in [1.82, 2.24) is 14.8 Å². The van der Waals surface area contributed by atoms with Crippen LogP contribution in [0.1, 0.15) is 29.2 Å². The van der Waals surface area contributed by atoms with E-state index in [1.54, 1.807) is 19.1 Å². The molecular weight excluding hydrogens is 314 g/mol. The maximum Gasteiger partial charge on any atom is 0.377 e. The molecule has 1 aromatic carbocycles. The Morgan fingerprint density at radius 3 is 2.89 bits per heavy atom. The molecule has 19 heavy (non-hydrogen) atoms. The molecule has 0 saturated heterocycles. The molecule has 1 N–H and O–H groups in total. The van der Waals surface area contributed by atoms with Gasteiger partial charge in [-0.25, -0.2) is 14.5 Å². The first-order chi connectivity index (χ1) is 9.02. The summed E-state index contributed by atoms with van der Waals surface area (Å²) in [7, 11) is 1.27. The van der Waals surface area contributed by atoms with Gasteiger partial charge in [-0.3, -0.25) is 0 Å². The number of halogens is 1. The second-order valence-corrected chi connectivity index (χ2v) is 4.80. The molecule has 100 valence electrons. The fourth-order valence-electron chi connectivity index (χ4n) is 1.63. The van der Waals surface area contributed by atoms with Crippen molar-refractivity contribution in [3.63, 3.8) is 0 Å². The third-order valence-electron chi connectivity index (χ3n) is 2.55. The molecule has 1 heterocycles. The van der Waals surface area contributed by atoms with E-state index in [4.69, 9.17) is 0 Å². The monoisotopic (exact) mass is 325 g/mol. The van der Waals surface area contributed by atoms with Crippen LogP contribution in [-0.4, -0.2) is 33.0 Å². The van der Waals surface area contributed by atoms with Crippen molar-refractivity contribution >= 4 is 21.9 Å². The Morgan fingerprint density at radius 1 is 1.53 bits per heavy atom. The van der Waals surface area contributed by atoms with Gasteiger partial charge in [-0.05, 0) is 25.1 Å². The summed E-state index contributed by atoms with van der Waals surface area (Å²) in [6.45, 7) is 1.66. The van der Waals surface area contributed by atoms with Gasteiger partial charge in [0.15, 0.2) is 0 Å². The van der Waals surface area contributed by atoms with Gasteiger partial charge in [0.25, 0.3) is 5.82 Å². The van der Waals surface area contributed by atoms with Gasteiger partial charge in [0.2, 0.25) is 0 Å². The standard InChI is InChI=1S/C12H12BrN3O3/c1-7(17)9-5-8(13)3-4-10(9)16-6-14-11(15-16)12(18)19-2/h3-7,17H,1-2H3. The van der Waals surface area contributed by atoms with E-state index in [0.29, 0.717) is 11.3 Å². The number of hydrogen-bond donors (Lipinski definition) is 1. The zero-order chi connectivity index (χ0) is 14.0. The Hall–Kier alpha value is -1.73. The van der Waals surface area contributed by atoms with Crippen LogP contribution in [0.3, 0.4) is 0 Å². The molecule has 0 fully saturated rings. The lowest BCUT2D eigenvalue weighted by Gasteiger charge is -2.11. The molecule has 7 heteroatoms. The third kappa shape index (κ3) is 2.82. The van der Waals surface area contributed by atoms with E-state index < -0.39 is 12.1 Å². The maximum atomic E-state index is 11.3. The van der Waals surface area contributed by atoms with Crippen molar-refractivity contribution < 1.29 is 14.6 Å². The molecule has 1 atom stereocenters. The number of benzene rings is 1. The molecular formula is C12H12BrN3O3. The number of aromatic nitrogens is 3. The third-order valence-corrected chi connectivity index (χ3v) is 3.04. The van der Waals surface area contributed by atoms with E-state index in [1.165, 1.54) is 18.1 Å². The molecule has 2 rings (SSSR count). The number of rotatable bonds is 3. The molecule has 0 saturated carbocycles. The van der Waals surface area contributed by atoms with E-state index in [1.807, 2.05) is 6.07 Å². The summed E-state index contributed by atoms with van der Waals surface area (Å²) in [4.78, 5) is 15.2. The molecule has 0 spiro atoms. The van der Waals surface area contributed by atoms with Crippen molar-refractivity contribution in [3.05, 3.63) is 40.4 Å². The van der Waals surface area contributed by atoms with E-state index in [2.05, 4.69) is 30.7 Å². The summed E-state index contributed by atoms with van der Waals surface area (Å²) < 4.78 is 6.83. The smallest absolute Gasteiger partial charge is 0.377 e. The summed E-state index contributed by atoms with van der Waals surface area (Å²) in [5.74, 6) is -0.628. The van der Waals surface area contributed by atoms with Crippen LogP contribution in [0.15, 0.2) is 29.0 Å². The van der Waals surface area contributed by atoms with Gasteiger partial charge in [0.05, 0.1) is 18.9 Å². The highest BCUT2D eigenvalue weighted by Gasteiger charge is 2.15. The average Bonchev–Trinajstić information content (AvgIpc) is 2.87. The highest BCUT2D eigenvalue weighted by molar-refractivity contribution is 9.10. The Kier molecular flexibility index (Phi) is 3.96. The fourth-order valence-corrected chi connectivity index (χ4v) is 2.01. The first kappa shape index (κ1) is 13.7. The Bertz CT molecular complexity index is 610. The van der Waals surface area contributed by atoms with Crippen molar-refractivity contribution in [3.8, 4) is 5.69 Å². The SMILES string of the molecule is COC(=O)c1ncn(-c2ccc(Br)cc2C(C)O)n1. The van der Waals surface area contributed by atoms with Gasteiger partial charge in [-0.1, -0.05) is 15.9 Å². The molecule has 0 aliphatic heterocycles. The molecule has 1 aromatic heterocycles. The number of ether oxygens (including phenoxy) is 1. The van der Waals surface area contributed by atoms with Gasteiger partial charge in [-0.2, -0.15) is 0 Å². The minimum absolute atomic E-state index is 0.0260. The number of carbonyl (C=O) groups excluding carboxylic acids is 1. The second-order valence-electron chi connectivity index (χ2n) is 3.88. The number of carbonyl (C=O) groups is 1. The number of esters is 1. The minimum atomic E-state index is -0.668. The predicted molar refractivity (Wildman–Crippen MR) is 71.0 cm³/mol. The zero-order valence-corrected chi connectivity index (χ0v) is 12.0. The van der Waals surface area contributed by atoms with Gasteiger partial charge < -0.3 is 9.84 Å². The van der Waals surface area contributed by atoms with Gasteiger partial charge >= 0.3 is 5.97 Å². The molecule has 0 aliphatic rings. The summed E-state index contributed by atoms with van der Waals surface area (Å²) in [5, 5.41) is 13.8. The van der Waals surface area contributed by atoms with Crippen molar-refractivity contribution in [1.29, 1.82) is 0 Å². The first-order valence-corrected chi connectivity index (χ1v) is 6.30. The molecule has 1 unspecified atom stereocenters. The quantitative estimate of drug-likeness (QED) is 0.872. The van der Waals surface area contributed by atoms with E-state index in [-0.39, 0.29) is 5.82 Å². The summed E-state index contributed by atoms with van der Waals surface area (Å²) in [5.41, 5.74) is 1.33. The summed E-state index contributed by atoms with van der Waals surface area (Å²) in [6.07, 6.45) is 0.736. The first-order valence-electron chi connectivity index (χ1n) is 5.50. The van der Waals surface area contributed by atoms with Crippen LogP contribution in [0.4, 0.5) is 0 Å². The van der Waals surface area contributed by atoms with Crippen LogP contribution in [0.25, 0.3) is 5.69 Å². The van der Waals surface area contributed by atoms with E-state index >= 15 is 0 Å².